The van der Waals surface area contributed by atoms with Crippen molar-refractivity contribution in [1.82, 2.24) is 0 Å². The van der Waals surface area contributed by atoms with Gasteiger partial charge in [-0.1, -0.05) is 33.1 Å². The van der Waals surface area contributed by atoms with Gasteiger partial charge in [-0.25, -0.2) is 8.42 Å². The molecule has 0 heterocycles. The first kappa shape index (κ1) is 17.9. The van der Waals surface area contributed by atoms with E-state index in [1.807, 2.05) is 6.92 Å². The topological polar surface area (TPSA) is 66.4 Å². The Labute approximate surface area is 129 Å². The van der Waals surface area contributed by atoms with E-state index in [-0.39, 0.29) is 51.4 Å². The number of hydrogen-bond acceptors (Lipinski definition) is 4. The fraction of sp³-hybridized carbons (Fsp3) is 1.00. The van der Waals surface area contributed by atoms with Crippen LogP contribution < -0.4 is 51.4 Å². The summed E-state index contributed by atoms with van der Waals surface area (Å²) < 4.78 is 35.1. The Bertz CT molecular complexity index is 215. The normalized spacial score (nSPS) is 13.4. The summed E-state index contributed by atoms with van der Waals surface area (Å²) in [6.07, 6.45) is 3.79. The summed E-state index contributed by atoms with van der Waals surface area (Å²) in [4.78, 5) is 0. The molecule has 1 atom stereocenters. The maximum atomic E-state index is 10.3. The molecule has 0 N–H and O–H groups in total. The summed E-state index contributed by atoms with van der Waals surface area (Å²) in [6, 6.07) is 0. The van der Waals surface area contributed by atoms with Gasteiger partial charge in [0.2, 0.25) is 10.4 Å². The third-order valence-corrected chi connectivity index (χ3v) is 2.35. The van der Waals surface area contributed by atoms with Crippen LogP contribution in [0.4, 0.5) is 0 Å². The van der Waals surface area contributed by atoms with E-state index in [1.165, 1.54) is 0 Å². The Kier molecular flexibility index (Phi) is 12.4. The fourth-order valence-electron chi connectivity index (χ4n) is 1.11. The molecule has 1 unspecified atom stereocenters. The van der Waals surface area contributed by atoms with Crippen LogP contribution in [0.25, 0.3) is 0 Å². The second-order valence-corrected chi connectivity index (χ2v) is 4.04. The van der Waals surface area contributed by atoms with Gasteiger partial charge in [0.05, 0.1) is 6.10 Å². The molecule has 0 saturated heterocycles. The summed E-state index contributed by atoms with van der Waals surface area (Å²) in [7, 11) is -4.52. The van der Waals surface area contributed by atoms with E-state index in [0.717, 1.165) is 19.3 Å². The van der Waals surface area contributed by atoms with Crippen molar-refractivity contribution in [3.05, 3.63) is 0 Å². The first-order valence-corrected chi connectivity index (χ1v) is 5.97. The average Bonchev–Trinajstić information content (AvgIpc) is 2.01. The summed E-state index contributed by atoms with van der Waals surface area (Å²) in [5.74, 6) is 0. The average molecular weight is 248 g/mol. The fourth-order valence-corrected chi connectivity index (χ4v) is 1.67. The van der Waals surface area contributed by atoms with Gasteiger partial charge < -0.3 is 4.55 Å². The predicted octanol–water partition coefficient (Wildman–Crippen LogP) is -1.17. The van der Waals surface area contributed by atoms with Crippen LogP contribution in [0.2, 0.25) is 0 Å². The van der Waals surface area contributed by atoms with Gasteiger partial charge in [0, 0.05) is 0 Å². The van der Waals surface area contributed by atoms with Crippen LogP contribution in [0.1, 0.15) is 46.0 Å². The molecule has 0 aliphatic carbocycles. The second-order valence-electron chi connectivity index (χ2n) is 3.03. The first-order chi connectivity index (χ1) is 5.99. The van der Waals surface area contributed by atoms with Crippen molar-refractivity contribution in [2.24, 2.45) is 0 Å². The molecule has 0 aliphatic rings. The molecular formula is C8H17KO4S. The van der Waals surface area contributed by atoms with Crippen molar-refractivity contribution >= 4 is 10.4 Å². The maximum absolute atomic E-state index is 10.3. The van der Waals surface area contributed by atoms with E-state index in [2.05, 4.69) is 11.1 Å². The van der Waals surface area contributed by atoms with Crippen molar-refractivity contribution in [3.8, 4) is 0 Å². The van der Waals surface area contributed by atoms with Gasteiger partial charge in [-0.3, -0.25) is 4.18 Å². The molecule has 80 valence electrons. The van der Waals surface area contributed by atoms with Gasteiger partial charge >= 0.3 is 51.4 Å². The third kappa shape index (κ3) is 11.6. The Morgan fingerprint density at radius 2 is 1.86 bits per heavy atom. The van der Waals surface area contributed by atoms with Crippen molar-refractivity contribution in [3.63, 3.8) is 0 Å². The molecule has 14 heavy (non-hydrogen) atoms. The summed E-state index contributed by atoms with van der Waals surface area (Å²) in [6.45, 7) is 3.87. The minimum absolute atomic E-state index is 0. The Hall–Kier alpha value is 1.51. The summed E-state index contributed by atoms with van der Waals surface area (Å²) in [5, 5.41) is 0. The molecule has 4 nitrogen and oxygen atoms in total. The largest absolute Gasteiger partial charge is 1.00 e. The van der Waals surface area contributed by atoms with Crippen LogP contribution in [-0.2, 0) is 14.6 Å². The van der Waals surface area contributed by atoms with Crippen LogP contribution in [0.15, 0.2) is 0 Å². The predicted molar refractivity (Wildman–Crippen MR) is 49.0 cm³/mol. The summed E-state index contributed by atoms with van der Waals surface area (Å²) >= 11 is 0. The molecule has 0 aromatic carbocycles. The van der Waals surface area contributed by atoms with Crippen molar-refractivity contribution in [1.29, 1.82) is 0 Å². The molecule has 0 rings (SSSR count). The molecule has 0 spiro atoms. The van der Waals surface area contributed by atoms with Crippen LogP contribution in [0.3, 0.4) is 0 Å². The number of unbranched alkanes of at least 4 members (excludes halogenated alkanes) is 2. The van der Waals surface area contributed by atoms with Gasteiger partial charge in [-0.15, -0.1) is 0 Å². The zero-order valence-corrected chi connectivity index (χ0v) is 13.1. The quantitative estimate of drug-likeness (QED) is 0.246. The van der Waals surface area contributed by atoms with E-state index >= 15 is 0 Å². The molecule has 0 saturated carbocycles. The Balaban J connectivity index is 0. The molecular weight excluding hydrogens is 231 g/mol. The standard InChI is InChI=1S/C8H18O4S.K/c1-3-5-6-7-8(4-2)12-13(9,10)11;/h8H,3-7H2,1-2H3,(H,9,10,11);/q;+1/p-1. The third-order valence-electron chi connectivity index (χ3n) is 1.84. The van der Waals surface area contributed by atoms with Crippen LogP contribution in [0.5, 0.6) is 0 Å². The van der Waals surface area contributed by atoms with Crippen molar-refractivity contribution in [2.75, 3.05) is 0 Å². The minimum Gasteiger partial charge on any atom is -0.726 e. The monoisotopic (exact) mass is 248 g/mol. The van der Waals surface area contributed by atoms with E-state index in [0.29, 0.717) is 12.8 Å². The summed E-state index contributed by atoms with van der Waals surface area (Å²) in [5.41, 5.74) is 0. The Morgan fingerprint density at radius 1 is 1.29 bits per heavy atom. The second kappa shape index (κ2) is 9.71. The van der Waals surface area contributed by atoms with Crippen molar-refractivity contribution < 1.29 is 68.5 Å². The molecule has 0 aromatic heterocycles. The van der Waals surface area contributed by atoms with Gasteiger partial charge in [0.1, 0.15) is 0 Å². The molecule has 6 heteroatoms. The number of rotatable bonds is 7. The van der Waals surface area contributed by atoms with Gasteiger partial charge in [0.15, 0.2) is 0 Å². The smallest absolute Gasteiger partial charge is 0.726 e. The molecule has 0 aromatic rings. The number of hydrogen-bond donors (Lipinski definition) is 0. The first-order valence-electron chi connectivity index (χ1n) is 4.63. The van der Waals surface area contributed by atoms with E-state index < -0.39 is 16.5 Å². The zero-order valence-electron chi connectivity index (χ0n) is 9.15. The van der Waals surface area contributed by atoms with Crippen LogP contribution >= 0.6 is 0 Å². The van der Waals surface area contributed by atoms with Crippen LogP contribution in [0, 0.1) is 0 Å². The molecule has 0 bridgehead atoms. The van der Waals surface area contributed by atoms with Gasteiger partial charge in [-0.2, -0.15) is 0 Å². The van der Waals surface area contributed by atoms with E-state index in [9.17, 15) is 13.0 Å². The molecule has 0 radical (unpaired) electrons. The molecule has 0 amide bonds. The Morgan fingerprint density at radius 3 is 2.21 bits per heavy atom. The molecule has 0 aliphatic heterocycles. The van der Waals surface area contributed by atoms with E-state index in [1.54, 1.807) is 0 Å². The van der Waals surface area contributed by atoms with Crippen molar-refractivity contribution in [2.45, 2.75) is 52.1 Å². The van der Waals surface area contributed by atoms with Gasteiger partial charge in [0.25, 0.3) is 0 Å². The molecule has 0 fully saturated rings. The minimum atomic E-state index is -4.52. The zero-order chi connectivity index (χ0) is 10.3. The van der Waals surface area contributed by atoms with Crippen LogP contribution in [-0.4, -0.2) is 19.1 Å². The van der Waals surface area contributed by atoms with Gasteiger partial charge in [-0.05, 0) is 12.8 Å². The SMILES string of the molecule is CCCCCC(CC)OS(=O)(=O)[O-].[K+]. The van der Waals surface area contributed by atoms with E-state index in [4.69, 9.17) is 0 Å². The maximum Gasteiger partial charge on any atom is 1.00 e.